The third-order valence-electron chi connectivity index (χ3n) is 1.52. The Morgan fingerprint density at radius 1 is 1.67 bits per heavy atom. The molecule has 0 saturated carbocycles. The maximum Gasteiger partial charge on any atom is 0.242 e. The number of pyridine rings is 1. The number of nitrogens with one attached hydrogen (secondary N) is 1. The van der Waals surface area contributed by atoms with E-state index in [0.717, 1.165) is 0 Å². The highest BCUT2D eigenvalue weighted by Gasteiger charge is 2.13. The summed E-state index contributed by atoms with van der Waals surface area (Å²) in [6, 6.07) is 2.89. The van der Waals surface area contributed by atoms with Crippen molar-refractivity contribution in [1.82, 2.24) is 9.71 Å². The van der Waals surface area contributed by atoms with E-state index in [-0.39, 0.29) is 17.3 Å². The van der Waals surface area contributed by atoms with Gasteiger partial charge in [0.15, 0.2) is 5.84 Å². The maximum atomic E-state index is 11.5. The lowest BCUT2D eigenvalue weighted by Crippen LogP contribution is -2.33. The normalized spacial score (nSPS) is 12.7. The van der Waals surface area contributed by atoms with Crippen LogP contribution in [0.25, 0.3) is 0 Å². The SMILES string of the molecule is N/C(CNS(=O)(=O)c1cccnc1)=N\O. The Hall–Kier alpha value is -1.67. The molecular weight excluding hydrogens is 220 g/mol. The van der Waals surface area contributed by atoms with E-state index in [0.29, 0.717) is 0 Å². The number of aromatic nitrogens is 1. The number of nitrogens with zero attached hydrogens (tertiary/aromatic N) is 2. The predicted molar refractivity (Wildman–Crippen MR) is 52.8 cm³/mol. The van der Waals surface area contributed by atoms with Crippen LogP contribution >= 0.6 is 0 Å². The molecule has 1 aromatic heterocycles. The van der Waals surface area contributed by atoms with Crippen LogP contribution in [0.5, 0.6) is 0 Å². The van der Waals surface area contributed by atoms with Crippen LogP contribution < -0.4 is 10.5 Å². The van der Waals surface area contributed by atoms with Crippen molar-refractivity contribution < 1.29 is 13.6 Å². The molecule has 1 aromatic rings. The molecule has 1 rings (SSSR count). The first-order chi connectivity index (χ1) is 7.06. The summed E-state index contributed by atoms with van der Waals surface area (Å²) in [6.45, 7) is -0.256. The van der Waals surface area contributed by atoms with E-state index in [9.17, 15) is 8.42 Å². The Kier molecular flexibility index (Phi) is 3.58. The second kappa shape index (κ2) is 4.71. The van der Waals surface area contributed by atoms with E-state index in [1.807, 2.05) is 0 Å². The van der Waals surface area contributed by atoms with Crippen molar-refractivity contribution in [2.24, 2.45) is 10.9 Å². The summed E-state index contributed by atoms with van der Waals surface area (Å²) in [5.41, 5.74) is 5.12. The van der Waals surface area contributed by atoms with Gasteiger partial charge in [0, 0.05) is 12.4 Å². The fourth-order valence-electron chi connectivity index (χ4n) is 0.794. The first-order valence-corrected chi connectivity index (χ1v) is 5.40. The molecule has 0 aliphatic carbocycles. The fourth-order valence-corrected chi connectivity index (χ4v) is 1.76. The van der Waals surface area contributed by atoms with Crippen molar-refractivity contribution in [3.8, 4) is 0 Å². The Labute approximate surface area is 86.7 Å². The van der Waals surface area contributed by atoms with Gasteiger partial charge in [0.25, 0.3) is 0 Å². The van der Waals surface area contributed by atoms with Gasteiger partial charge in [-0.1, -0.05) is 5.16 Å². The van der Waals surface area contributed by atoms with Crippen LogP contribution in [0.3, 0.4) is 0 Å². The number of amidine groups is 1. The van der Waals surface area contributed by atoms with E-state index in [4.69, 9.17) is 10.9 Å². The summed E-state index contributed by atoms with van der Waals surface area (Å²) in [6.07, 6.45) is 2.66. The minimum Gasteiger partial charge on any atom is -0.409 e. The van der Waals surface area contributed by atoms with Crippen molar-refractivity contribution in [3.63, 3.8) is 0 Å². The molecule has 0 aliphatic heterocycles. The zero-order valence-electron chi connectivity index (χ0n) is 7.66. The largest absolute Gasteiger partial charge is 0.409 e. The third kappa shape index (κ3) is 3.18. The van der Waals surface area contributed by atoms with Gasteiger partial charge in [-0.2, -0.15) is 0 Å². The molecule has 82 valence electrons. The lowest BCUT2D eigenvalue weighted by atomic mass is 10.5. The summed E-state index contributed by atoms with van der Waals surface area (Å²) < 4.78 is 25.2. The number of hydrogen-bond acceptors (Lipinski definition) is 5. The van der Waals surface area contributed by atoms with Gasteiger partial charge in [0.2, 0.25) is 10.0 Å². The quantitative estimate of drug-likeness (QED) is 0.268. The molecule has 7 nitrogen and oxygen atoms in total. The first-order valence-electron chi connectivity index (χ1n) is 3.92. The zero-order valence-corrected chi connectivity index (χ0v) is 8.48. The van der Waals surface area contributed by atoms with E-state index < -0.39 is 10.0 Å². The van der Waals surface area contributed by atoms with Crippen LogP contribution in [0.2, 0.25) is 0 Å². The van der Waals surface area contributed by atoms with Crippen LogP contribution in [0, 0.1) is 0 Å². The molecule has 1 heterocycles. The molecule has 0 saturated heterocycles. The third-order valence-corrected chi connectivity index (χ3v) is 2.90. The predicted octanol–water partition coefficient (Wildman–Crippen LogP) is -0.894. The van der Waals surface area contributed by atoms with Crippen LogP contribution in [-0.2, 0) is 10.0 Å². The average Bonchev–Trinajstić information content (AvgIpc) is 2.27. The number of rotatable bonds is 4. The molecule has 0 bridgehead atoms. The van der Waals surface area contributed by atoms with E-state index in [1.165, 1.54) is 24.5 Å². The molecule has 0 spiro atoms. The van der Waals surface area contributed by atoms with E-state index in [2.05, 4.69) is 14.9 Å². The summed E-state index contributed by atoms with van der Waals surface area (Å²) >= 11 is 0. The molecule has 0 aromatic carbocycles. The topological polar surface area (TPSA) is 118 Å². The molecule has 0 aliphatic rings. The van der Waals surface area contributed by atoms with Crippen LogP contribution in [0.4, 0.5) is 0 Å². The number of oxime groups is 1. The van der Waals surface area contributed by atoms with Gasteiger partial charge < -0.3 is 10.9 Å². The van der Waals surface area contributed by atoms with Crippen molar-refractivity contribution in [3.05, 3.63) is 24.5 Å². The molecule has 0 atom stereocenters. The minimum atomic E-state index is -3.65. The molecule has 4 N–H and O–H groups in total. The lowest BCUT2D eigenvalue weighted by Gasteiger charge is -2.04. The summed E-state index contributed by atoms with van der Waals surface area (Å²) in [4.78, 5) is 3.69. The molecule has 8 heteroatoms. The van der Waals surface area contributed by atoms with Crippen molar-refractivity contribution in [2.75, 3.05) is 6.54 Å². The Morgan fingerprint density at radius 2 is 2.40 bits per heavy atom. The highest BCUT2D eigenvalue weighted by Crippen LogP contribution is 2.04. The second-order valence-corrected chi connectivity index (χ2v) is 4.37. The molecule has 15 heavy (non-hydrogen) atoms. The molecule has 0 fully saturated rings. The van der Waals surface area contributed by atoms with Gasteiger partial charge in [0.05, 0.1) is 6.54 Å². The van der Waals surface area contributed by atoms with E-state index in [1.54, 1.807) is 0 Å². The van der Waals surface area contributed by atoms with Gasteiger partial charge >= 0.3 is 0 Å². The molecule has 0 amide bonds. The fraction of sp³-hybridized carbons (Fsp3) is 0.143. The van der Waals surface area contributed by atoms with Gasteiger partial charge in [0.1, 0.15) is 4.90 Å². The average molecular weight is 230 g/mol. The van der Waals surface area contributed by atoms with E-state index >= 15 is 0 Å². The first kappa shape index (κ1) is 11.4. The zero-order chi connectivity index (χ0) is 11.3. The molecule has 0 unspecified atom stereocenters. The van der Waals surface area contributed by atoms with Crippen molar-refractivity contribution in [1.29, 1.82) is 0 Å². The number of nitrogens with two attached hydrogens (primary N) is 1. The summed E-state index contributed by atoms with van der Waals surface area (Å²) in [5, 5.41) is 10.9. The van der Waals surface area contributed by atoms with Crippen LogP contribution in [0.1, 0.15) is 0 Å². The Morgan fingerprint density at radius 3 is 2.93 bits per heavy atom. The highest BCUT2D eigenvalue weighted by molar-refractivity contribution is 7.89. The standard InChI is InChI=1S/C7H10N4O3S/c8-7(11-12)5-10-15(13,14)6-2-1-3-9-4-6/h1-4,10,12H,5H2,(H2,8,11). The van der Waals surface area contributed by atoms with Gasteiger partial charge in [-0.05, 0) is 12.1 Å². The highest BCUT2D eigenvalue weighted by atomic mass is 32.2. The lowest BCUT2D eigenvalue weighted by molar-refractivity contribution is 0.317. The van der Waals surface area contributed by atoms with Gasteiger partial charge in [-0.25, -0.2) is 13.1 Å². The Bertz CT molecular complexity index is 443. The number of hydrogen-bond donors (Lipinski definition) is 3. The van der Waals surface area contributed by atoms with Crippen LogP contribution in [0.15, 0.2) is 34.6 Å². The summed E-state index contributed by atoms with van der Waals surface area (Å²) in [7, 11) is -3.65. The van der Waals surface area contributed by atoms with Gasteiger partial charge in [-0.15, -0.1) is 0 Å². The molecular formula is C7H10N4O3S. The molecule has 0 radical (unpaired) electrons. The summed E-state index contributed by atoms with van der Waals surface area (Å²) in [5.74, 6) is -0.220. The van der Waals surface area contributed by atoms with Crippen molar-refractivity contribution >= 4 is 15.9 Å². The smallest absolute Gasteiger partial charge is 0.242 e. The maximum absolute atomic E-state index is 11.5. The monoisotopic (exact) mass is 230 g/mol. The number of sulfonamides is 1. The van der Waals surface area contributed by atoms with Crippen LogP contribution in [-0.4, -0.2) is 31.0 Å². The minimum absolute atomic E-state index is 0.0238. The van der Waals surface area contributed by atoms with Crippen molar-refractivity contribution in [2.45, 2.75) is 4.90 Å². The second-order valence-electron chi connectivity index (χ2n) is 2.60. The Balaban J connectivity index is 2.78. The van der Waals surface area contributed by atoms with Gasteiger partial charge in [-0.3, -0.25) is 4.98 Å².